The van der Waals surface area contributed by atoms with Gasteiger partial charge >= 0.3 is 0 Å². The van der Waals surface area contributed by atoms with Crippen LogP contribution < -0.4 is 5.32 Å². The molecule has 0 radical (unpaired) electrons. The van der Waals surface area contributed by atoms with Gasteiger partial charge in [0.1, 0.15) is 11.5 Å². The molecule has 2 aromatic rings. The van der Waals surface area contributed by atoms with E-state index in [4.69, 9.17) is 0 Å². The van der Waals surface area contributed by atoms with E-state index in [1.54, 1.807) is 24.0 Å². The Balaban J connectivity index is 1.51. The maximum atomic E-state index is 12.7. The van der Waals surface area contributed by atoms with Crippen molar-refractivity contribution in [3.8, 4) is 0 Å². The van der Waals surface area contributed by atoms with Crippen LogP contribution in [0.15, 0.2) is 12.1 Å². The van der Waals surface area contributed by atoms with Crippen LogP contribution in [0.2, 0.25) is 0 Å². The Morgan fingerprint density at radius 1 is 1.12 bits per heavy atom. The number of fused-ring (bicyclic) bond motifs is 1. The second-order valence-electron chi connectivity index (χ2n) is 6.66. The highest BCUT2D eigenvalue weighted by molar-refractivity contribution is 5.93. The molecule has 0 aromatic carbocycles. The first-order chi connectivity index (χ1) is 12.0. The number of hydrogen-bond donors (Lipinski definition) is 1. The van der Waals surface area contributed by atoms with Gasteiger partial charge in [0.05, 0.1) is 18.8 Å². The van der Waals surface area contributed by atoms with Crippen molar-refractivity contribution in [2.24, 2.45) is 0 Å². The molecule has 0 spiro atoms. The Kier molecular flexibility index (Phi) is 3.74. The van der Waals surface area contributed by atoms with Gasteiger partial charge in [0.2, 0.25) is 0 Å². The molecule has 1 saturated carbocycles. The van der Waals surface area contributed by atoms with Crippen LogP contribution in [-0.2, 0) is 13.1 Å². The monoisotopic (exact) mass is 340 g/mol. The minimum Gasteiger partial charge on any atom is -0.348 e. The molecule has 0 atom stereocenters. The molecule has 2 aliphatic rings. The first-order valence-corrected chi connectivity index (χ1v) is 8.49. The molecule has 0 unspecified atom stereocenters. The average molecular weight is 340 g/mol. The van der Waals surface area contributed by atoms with E-state index in [-0.39, 0.29) is 11.8 Å². The van der Waals surface area contributed by atoms with Gasteiger partial charge in [0, 0.05) is 18.3 Å². The van der Waals surface area contributed by atoms with Crippen molar-refractivity contribution >= 4 is 11.8 Å². The molecule has 0 bridgehead atoms. The Labute approximate surface area is 145 Å². The zero-order chi connectivity index (χ0) is 17.6. The fourth-order valence-electron chi connectivity index (χ4n) is 3.03. The Bertz CT molecular complexity index is 835. The molecule has 25 heavy (non-hydrogen) atoms. The molecular weight excluding hydrogens is 320 g/mol. The molecule has 2 amide bonds. The Morgan fingerprint density at radius 3 is 2.64 bits per heavy atom. The molecule has 1 aliphatic carbocycles. The summed E-state index contributed by atoms with van der Waals surface area (Å²) in [6, 6.07) is 3.78. The van der Waals surface area contributed by atoms with Crippen molar-refractivity contribution in [1.82, 2.24) is 30.0 Å². The summed E-state index contributed by atoms with van der Waals surface area (Å²) in [4.78, 5) is 35.1. The number of hydrogen-bond acceptors (Lipinski definition) is 5. The van der Waals surface area contributed by atoms with Gasteiger partial charge < -0.3 is 10.2 Å². The summed E-state index contributed by atoms with van der Waals surface area (Å²) in [6.07, 6.45) is 2.08. The minimum atomic E-state index is -0.135. The van der Waals surface area contributed by atoms with Gasteiger partial charge in [-0.15, -0.1) is 0 Å². The van der Waals surface area contributed by atoms with Crippen LogP contribution in [0, 0.1) is 13.8 Å². The third-order valence-electron chi connectivity index (χ3n) is 4.42. The molecule has 1 fully saturated rings. The average Bonchev–Trinajstić information content (AvgIpc) is 3.27. The lowest BCUT2D eigenvalue weighted by molar-refractivity contribution is 0.0698. The lowest BCUT2D eigenvalue weighted by atomic mass is 10.2. The van der Waals surface area contributed by atoms with Gasteiger partial charge in [-0.1, -0.05) is 0 Å². The fraction of sp³-hybridized carbons (Fsp3) is 0.471. The minimum absolute atomic E-state index is 0.120. The van der Waals surface area contributed by atoms with E-state index >= 15 is 0 Å². The first kappa shape index (κ1) is 15.7. The van der Waals surface area contributed by atoms with Crippen molar-refractivity contribution in [1.29, 1.82) is 0 Å². The number of aryl methyl sites for hydroxylation is 2. The molecule has 3 heterocycles. The third-order valence-corrected chi connectivity index (χ3v) is 4.42. The molecule has 1 N–H and O–H groups in total. The predicted octanol–water partition coefficient (Wildman–Crippen LogP) is 0.838. The summed E-state index contributed by atoms with van der Waals surface area (Å²) < 4.78 is 1.81. The quantitative estimate of drug-likeness (QED) is 0.894. The normalized spacial score (nSPS) is 16.5. The highest BCUT2D eigenvalue weighted by Gasteiger charge is 2.28. The van der Waals surface area contributed by atoms with E-state index in [2.05, 4.69) is 20.4 Å². The molecule has 1 aliphatic heterocycles. The topological polar surface area (TPSA) is 93.0 Å². The van der Waals surface area contributed by atoms with E-state index < -0.39 is 0 Å². The van der Waals surface area contributed by atoms with E-state index in [1.165, 1.54) is 0 Å². The van der Waals surface area contributed by atoms with Gasteiger partial charge in [-0.2, -0.15) is 5.10 Å². The Hall–Kier alpha value is -2.77. The molecule has 8 nitrogen and oxygen atoms in total. The maximum Gasteiger partial charge on any atom is 0.273 e. The zero-order valence-electron chi connectivity index (χ0n) is 14.3. The summed E-state index contributed by atoms with van der Waals surface area (Å²) in [5.74, 6) is 0.332. The van der Waals surface area contributed by atoms with E-state index in [0.29, 0.717) is 42.9 Å². The third kappa shape index (κ3) is 3.24. The van der Waals surface area contributed by atoms with Crippen molar-refractivity contribution in [2.45, 2.75) is 45.8 Å². The maximum absolute atomic E-state index is 12.7. The highest BCUT2D eigenvalue weighted by atomic mass is 16.2. The number of rotatable bonds is 3. The first-order valence-electron chi connectivity index (χ1n) is 8.49. The van der Waals surface area contributed by atoms with Crippen molar-refractivity contribution in [3.63, 3.8) is 0 Å². The smallest absolute Gasteiger partial charge is 0.273 e. The van der Waals surface area contributed by atoms with Crippen LogP contribution in [0.4, 0.5) is 0 Å². The van der Waals surface area contributed by atoms with Crippen LogP contribution in [0.25, 0.3) is 0 Å². The summed E-state index contributed by atoms with van der Waals surface area (Å²) in [5, 5.41) is 7.31. The van der Waals surface area contributed by atoms with Crippen molar-refractivity contribution in [3.05, 3.63) is 40.7 Å². The standard InChI is InChI=1S/C17H20N6O2/c1-10-7-15(19-11(2)18-10)17(25)22-5-6-23-13(9-22)8-14(21-23)16(24)20-12-3-4-12/h7-8,12H,3-6,9H2,1-2H3,(H,20,24). The summed E-state index contributed by atoms with van der Waals surface area (Å²) in [6.45, 7) is 5.16. The summed E-state index contributed by atoms with van der Waals surface area (Å²) in [5.41, 5.74) is 2.47. The number of carbonyl (C=O) groups is 2. The lowest BCUT2D eigenvalue weighted by Crippen LogP contribution is -2.38. The van der Waals surface area contributed by atoms with Crippen LogP contribution in [0.3, 0.4) is 0 Å². The highest BCUT2D eigenvalue weighted by Crippen LogP contribution is 2.20. The van der Waals surface area contributed by atoms with Crippen LogP contribution in [0.1, 0.15) is 51.0 Å². The molecule has 2 aromatic heterocycles. The van der Waals surface area contributed by atoms with Crippen LogP contribution in [0.5, 0.6) is 0 Å². The summed E-state index contributed by atoms with van der Waals surface area (Å²) in [7, 11) is 0. The van der Waals surface area contributed by atoms with Crippen molar-refractivity contribution in [2.75, 3.05) is 6.54 Å². The van der Waals surface area contributed by atoms with Crippen LogP contribution >= 0.6 is 0 Å². The largest absolute Gasteiger partial charge is 0.348 e. The van der Waals surface area contributed by atoms with E-state index in [9.17, 15) is 9.59 Å². The number of amides is 2. The number of carbonyl (C=O) groups excluding carboxylic acids is 2. The van der Waals surface area contributed by atoms with E-state index in [0.717, 1.165) is 24.2 Å². The SMILES string of the molecule is Cc1cc(C(=O)N2CCn3nc(C(=O)NC4CC4)cc3C2)nc(C)n1. The second kappa shape index (κ2) is 5.94. The summed E-state index contributed by atoms with van der Waals surface area (Å²) >= 11 is 0. The lowest BCUT2D eigenvalue weighted by Gasteiger charge is -2.27. The van der Waals surface area contributed by atoms with Gasteiger partial charge in [-0.25, -0.2) is 9.97 Å². The van der Waals surface area contributed by atoms with Gasteiger partial charge in [-0.05, 0) is 38.8 Å². The predicted molar refractivity (Wildman–Crippen MR) is 89.0 cm³/mol. The van der Waals surface area contributed by atoms with Crippen molar-refractivity contribution < 1.29 is 9.59 Å². The second-order valence-corrected chi connectivity index (χ2v) is 6.66. The molecule has 4 rings (SSSR count). The molecular formula is C17H20N6O2. The number of nitrogens with one attached hydrogen (secondary N) is 1. The van der Waals surface area contributed by atoms with Gasteiger partial charge in [0.25, 0.3) is 11.8 Å². The van der Waals surface area contributed by atoms with Gasteiger partial charge in [0.15, 0.2) is 5.69 Å². The fourth-order valence-corrected chi connectivity index (χ4v) is 3.03. The molecule has 130 valence electrons. The van der Waals surface area contributed by atoms with Gasteiger partial charge in [-0.3, -0.25) is 14.3 Å². The van der Waals surface area contributed by atoms with E-state index in [1.807, 2.05) is 11.6 Å². The molecule has 8 heteroatoms. The zero-order valence-corrected chi connectivity index (χ0v) is 14.3. The number of aromatic nitrogens is 4. The number of nitrogens with zero attached hydrogens (tertiary/aromatic N) is 5. The van der Waals surface area contributed by atoms with Crippen LogP contribution in [-0.4, -0.2) is 49.0 Å². The Morgan fingerprint density at radius 2 is 1.92 bits per heavy atom. The molecule has 0 saturated heterocycles.